The molecular weight excluding hydrogens is 246 g/mol. The van der Waals surface area contributed by atoms with Crippen LogP contribution in [0.15, 0.2) is 12.3 Å². The Morgan fingerprint density at radius 2 is 2.11 bits per heavy atom. The van der Waals surface area contributed by atoms with Gasteiger partial charge in [-0.25, -0.2) is 4.98 Å². The number of rotatable bonds is 4. The maximum atomic E-state index is 12.0. The SMILES string of the molecule is CNC(=O)c1cc(C(=O)N[C@@H]2C[C@H]2C)cnc1OC. The molecule has 6 heteroatoms. The molecule has 19 heavy (non-hydrogen) atoms. The highest BCUT2D eigenvalue weighted by atomic mass is 16.5. The molecule has 1 fully saturated rings. The fraction of sp³-hybridized carbons (Fsp3) is 0.462. The first-order chi connectivity index (χ1) is 9.06. The van der Waals surface area contributed by atoms with Crippen molar-refractivity contribution in [1.29, 1.82) is 0 Å². The average molecular weight is 263 g/mol. The molecule has 0 saturated heterocycles. The van der Waals surface area contributed by atoms with Crippen LogP contribution in [0.25, 0.3) is 0 Å². The van der Waals surface area contributed by atoms with Crippen LogP contribution in [-0.4, -0.2) is 37.0 Å². The highest BCUT2D eigenvalue weighted by molar-refractivity contribution is 6.00. The van der Waals surface area contributed by atoms with E-state index in [0.717, 1.165) is 6.42 Å². The van der Waals surface area contributed by atoms with Gasteiger partial charge in [-0.15, -0.1) is 0 Å². The fourth-order valence-corrected chi connectivity index (χ4v) is 1.81. The Bertz CT molecular complexity index is 516. The number of carbonyl (C=O) groups excluding carboxylic acids is 2. The Labute approximate surface area is 111 Å². The quantitative estimate of drug-likeness (QED) is 0.833. The summed E-state index contributed by atoms with van der Waals surface area (Å²) in [7, 11) is 2.95. The topological polar surface area (TPSA) is 80.3 Å². The lowest BCUT2D eigenvalue weighted by atomic mass is 10.1. The normalized spacial score (nSPS) is 20.6. The van der Waals surface area contributed by atoms with Gasteiger partial charge >= 0.3 is 0 Å². The summed E-state index contributed by atoms with van der Waals surface area (Å²) in [4.78, 5) is 27.7. The van der Waals surface area contributed by atoms with E-state index in [4.69, 9.17) is 4.74 Å². The van der Waals surface area contributed by atoms with Crippen LogP contribution in [0.1, 0.15) is 34.1 Å². The molecule has 0 bridgehead atoms. The number of hydrogen-bond acceptors (Lipinski definition) is 4. The molecule has 2 atom stereocenters. The van der Waals surface area contributed by atoms with Crippen LogP contribution in [0.5, 0.6) is 5.88 Å². The Balaban J connectivity index is 2.21. The first-order valence-corrected chi connectivity index (χ1v) is 6.13. The molecule has 1 aromatic rings. The molecule has 2 amide bonds. The molecule has 2 N–H and O–H groups in total. The summed E-state index contributed by atoms with van der Waals surface area (Å²) in [6.07, 6.45) is 2.41. The lowest BCUT2D eigenvalue weighted by Crippen LogP contribution is -2.27. The molecule has 6 nitrogen and oxygen atoms in total. The second-order valence-corrected chi connectivity index (χ2v) is 4.65. The van der Waals surface area contributed by atoms with Gasteiger partial charge in [-0.2, -0.15) is 0 Å². The highest BCUT2D eigenvalue weighted by Gasteiger charge is 2.34. The van der Waals surface area contributed by atoms with Gasteiger partial charge in [0.15, 0.2) is 0 Å². The summed E-state index contributed by atoms with van der Waals surface area (Å²) in [5, 5.41) is 5.38. The largest absolute Gasteiger partial charge is 0.480 e. The summed E-state index contributed by atoms with van der Waals surface area (Å²) in [6, 6.07) is 1.73. The molecular formula is C13H17N3O3. The lowest BCUT2D eigenvalue weighted by Gasteiger charge is -2.09. The van der Waals surface area contributed by atoms with Gasteiger partial charge in [-0.1, -0.05) is 6.92 Å². The molecule has 0 aromatic carbocycles. The molecule has 1 saturated carbocycles. The second-order valence-electron chi connectivity index (χ2n) is 4.65. The predicted octanol–water partition coefficient (Wildman–Crippen LogP) is 0.588. The van der Waals surface area contributed by atoms with Crippen LogP contribution in [0.2, 0.25) is 0 Å². The van der Waals surface area contributed by atoms with Crippen LogP contribution in [0.3, 0.4) is 0 Å². The van der Waals surface area contributed by atoms with Gasteiger partial charge in [0.2, 0.25) is 5.88 Å². The predicted molar refractivity (Wildman–Crippen MR) is 69.2 cm³/mol. The summed E-state index contributed by atoms with van der Waals surface area (Å²) in [5.74, 6) is 0.178. The van der Waals surface area contributed by atoms with E-state index in [9.17, 15) is 9.59 Å². The van der Waals surface area contributed by atoms with E-state index in [1.165, 1.54) is 26.4 Å². The molecule has 1 aliphatic carbocycles. The van der Waals surface area contributed by atoms with Crippen molar-refractivity contribution in [3.63, 3.8) is 0 Å². The Morgan fingerprint density at radius 1 is 1.42 bits per heavy atom. The number of ether oxygens (including phenoxy) is 1. The fourth-order valence-electron chi connectivity index (χ4n) is 1.81. The maximum Gasteiger partial charge on any atom is 0.256 e. The lowest BCUT2D eigenvalue weighted by molar-refractivity contribution is 0.0949. The van der Waals surface area contributed by atoms with Gasteiger partial charge in [0.05, 0.1) is 12.7 Å². The number of hydrogen-bond donors (Lipinski definition) is 2. The summed E-state index contributed by atoms with van der Waals surface area (Å²) in [6.45, 7) is 2.08. The van der Waals surface area contributed by atoms with E-state index in [1.54, 1.807) is 0 Å². The molecule has 1 aliphatic rings. The number of pyridine rings is 1. The zero-order valence-corrected chi connectivity index (χ0v) is 11.2. The zero-order chi connectivity index (χ0) is 14.0. The van der Waals surface area contributed by atoms with E-state index in [0.29, 0.717) is 11.5 Å². The third kappa shape index (κ3) is 2.83. The van der Waals surface area contributed by atoms with Crippen molar-refractivity contribution >= 4 is 11.8 Å². The first kappa shape index (κ1) is 13.3. The van der Waals surface area contributed by atoms with Crippen molar-refractivity contribution in [1.82, 2.24) is 15.6 Å². The van der Waals surface area contributed by atoms with Crippen molar-refractivity contribution in [2.24, 2.45) is 5.92 Å². The number of carbonyl (C=O) groups is 2. The standard InChI is InChI=1S/C13H17N3O3/c1-7-4-10(7)16-11(17)8-5-9(12(18)14-2)13(19-3)15-6-8/h5-7,10H,4H2,1-3H3,(H,14,18)(H,16,17)/t7-,10-/m1/s1. The number of methoxy groups -OCH3 is 1. The molecule has 0 aliphatic heterocycles. The molecule has 2 rings (SSSR count). The third-order valence-electron chi connectivity index (χ3n) is 3.20. The monoisotopic (exact) mass is 263 g/mol. The van der Waals surface area contributed by atoms with Crippen molar-refractivity contribution in [2.45, 2.75) is 19.4 Å². The zero-order valence-electron chi connectivity index (χ0n) is 11.2. The molecule has 1 heterocycles. The van der Waals surface area contributed by atoms with E-state index in [-0.39, 0.29) is 29.3 Å². The minimum atomic E-state index is -0.334. The van der Waals surface area contributed by atoms with E-state index in [2.05, 4.69) is 22.5 Å². The smallest absolute Gasteiger partial charge is 0.256 e. The van der Waals surface area contributed by atoms with Gasteiger partial charge in [-0.05, 0) is 18.4 Å². The number of nitrogens with zero attached hydrogens (tertiary/aromatic N) is 1. The second kappa shape index (κ2) is 5.26. The maximum absolute atomic E-state index is 12.0. The molecule has 0 radical (unpaired) electrons. The minimum absolute atomic E-state index is 0.204. The van der Waals surface area contributed by atoms with Gasteiger partial charge in [0, 0.05) is 19.3 Å². The third-order valence-corrected chi connectivity index (χ3v) is 3.20. The van der Waals surface area contributed by atoms with Crippen LogP contribution in [-0.2, 0) is 0 Å². The van der Waals surface area contributed by atoms with Crippen LogP contribution in [0, 0.1) is 5.92 Å². The van der Waals surface area contributed by atoms with Crippen molar-refractivity contribution in [3.8, 4) is 5.88 Å². The number of amides is 2. The van der Waals surface area contributed by atoms with Crippen molar-refractivity contribution in [3.05, 3.63) is 23.4 Å². The average Bonchev–Trinajstić information content (AvgIpc) is 3.12. The Kier molecular flexibility index (Phi) is 3.69. The summed E-state index contributed by atoms with van der Waals surface area (Å²) >= 11 is 0. The van der Waals surface area contributed by atoms with Crippen molar-refractivity contribution < 1.29 is 14.3 Å². The van der Waals surface area contributed by atoms with E-state index in [1.807, 2.05) is 0 Å². The van der Waals surface area contributed by atoms with Crippen LogP contribution >= 0.6 is 0 Å². The molecule has 102 valence electrons. The van der Waals surface area contributed by atoms with Crippen molar-refractivity contribution in [2.75, 3.05) is 14.2 Å². The van der Waals surface area contributed by atoms with Gasteiger partial charge in [0.25, 0.3) is 11.8 Å². The highest BCUT2D eigenvalue weighted by Crippen LogP contribution is 2.29. The molecule has 1 aromatic heterocycles. The number of aromatic nitrogens is 1. The molecule has 0 unspecified atom stereocenters. The minimum Gasteiger partial charge on any atom is -0.480 e. The summed E-state index contributed by atoms with van der Waals surface area (Å²) < 4.78 is 5.01. The van der Waals surface area contributed by atoms with Crippen LogP contribution in [0.4, 0.5) is 0 Å². The van der Waals surface area contributed by atoms with E-state index >= 15 is 0 Å². The first-order valence-electron chi connectivity index (χ1n) is 6.13. The molecule has 0 spiro atoms. The summed E-state index contributed by atoms with van der Waals surface area (Å²) in [5.41, 5.74) is 0.611. The number of nitrogens with one attached hydrogen (secondary N) is 2. The van der Waals surface area contributed by atoms with Crippen LogP contribution < -0.4 is 15.4 Å². The van der Waals surface area contributed by atoms with E-state index < -0.39 is 0 Å². The van der Waals surface area contributed by atoms with Gasteiger partial charge in [0.1, 0.15) is 5.56 Å². The van der Waals surface area contributed by atoms with Gasteiger partial charge < -0.3 is 15.4 Å². The Hall–Kier alpha value is -2.11. The van der Waals surface area contributed by atoms with Gasteiger partial charge in [-0.3, -0.25) is 9.59 Å². The Morgan fingerprint density at radius 3 is 2.63 bits per heavy atom.